The minimum atomic E-state index is -0.554. The summed E-state index contributed by atoms with van der Waals surface area (Å²) in [5.74, 6) is -0.160. The van der Waals surface area contributed by atoms with Crippen LogP contribution in [0.3, 0.4) is 0 Å². The van der Waals surface area contributed by atoms with Gasteiger partial charge in [-0.3, -0.25) is 14.9 Å². The molecule has 4 nitrogen and oxygen atoms in total. The lowest BCUT2D eigenvalue weighted by atomic mass is 10.1. The summed E-state index contributed by atoms with van der Waals surface area (Å²) < 4.78 is 0. The quantitative estimate of drug-likeness (QED) is 0.363. The second-order valence-corrected chi connectivity index (χ2v) is 4.94. The molecule has 0 bridgehead atoms. The topological polar surface area (TPSA) is 60.2 Å². The van der Waals surface area contributed by atoms with E-state index in [2.05, 4.69) is 0 Å². The number of hydrogen-bond donors (Lipinski definition) is 0. The van der Waals surface area contributed by atoms with Gasteiger partial charge in [-0.05, 0) is 24.6 Å². The Kier molecular flexibility index (Phi) is 4.50. The lowest BCUT2D eigenvalue weighted by Crippen LogP contribution is -1.94. The van der Waals surface area contributed by atoms with Gasteiger partial charge in [-0.15, -0.1) is 0 Å². The number of carbonyl (C=O) groups is 1. The number of carbonyl (C=O) groups excluding carboxylic acids is 1. The molecule has 2 rings (SSSR count). The first-order valence-electron chi connectivity index (χ1n) is 6.20. The van der Waals surface area contributed by atoms with Crippen molar-refractivity contribution in [3.05, 3.63) is 80.4 Å². The monoisotopic (exact) mass is 301 g/mol. The van der Waals surface area contributed by atoms with E-state index in [0.29, 0.717) is 11.1 Å². The summed E-state index contributed by atoms with van der Waals surface area (Å²) in [6, 6.07) is 11.6. The number of nitrogens with zero attached hydrogens (tertiary/aromatic N) is 1. The summed E-state index contributed by atoms with van der Waals surface area (Å²) in [6.45, 7) is 1.94. The zero-order chi connectivity index (χ0) is 15.4. The largest absolute Gasteiger partial charge is 0.289 e. The summed E-state index contributed by atoms with van der Waals surface area (Å²) >= 11 is 5.73. The molecule has 2 aromatic carbocycles. The molecule has 0 unspecified atom stereocenters. The minimum absolute atomic E-state index is 0.0713. The molecule has 0 aliphatic heterocycles. The normalized spacial score (nSPS) is 10.8. The van der Waals surface area contributed by atoms with Crippen LogP contribution in [0.15, 0.2) is 48.5 Å². The molecule has 0 aromatic heterocycles. The minimum Gasteiger partial charge on any atom is -0.289 e. The first kappa shape index (κ1) is 14.9. The van der Waals surface area contributed by atoms with E-state index in [9.17, 15) is 14.9 Å². The number of allylic oxidation sites excluding steroid dienone is 1. The van der Waals surface area contributed by atoms with Crippen LogP contribution in [0.1, 0.15) is 21.5 Å². The van der Waals surface area contributed by atoms with Crippen LogP contribution in [0.25, 0.3) is 6.08 Å². The van der Waals surface area contributed by atoms with Crippen LogP contribution >= 0.6 is 11.6 Å². The molecule has 0 aliphatic carbocycles. The standard InChI is InChI=1S/C16H12ClNO3/c1-11-2-6-13(7-3-11)16(19)9-5-12-4-8-14(17)15(10-12)18(20)21/h2-10H,1H3/b9-5+. The van der Waals surface area contributed by atoms with Gasteiger partial charge in [-0.1, -0.05) is 53.6 Å². The van der Waals surface area contributed by atoms with Gasteiger partial charge in [0.2, 0.25) is 0 Å². The highest BCUT2D eigenvalue weighted by molar-refractivity contribution is 6.32. The lowest BCUT2D eigenvalue weighted by molar-refractivity contribution is -0.384. The summed E-state index contributed by atoms with van der Waals surface area (Å²) in [6.07, 6.45) is 2.92. The molecule has 0 N–H and O–H groups in total. The van der Waals surface area contributed by atoms with Crippen molar-refractivity contribution in [3.8, 4) is 0 Å². The predicted octanol–water partition coefficient (Wildman–Crippen LogP) is 4.45. The highest BCUT2D eigenvalue weighted by atomic mass is 35.5. The fourth-order valence-corrected chi connectivity index (χ4v) is 1.95. The number of rotatable bonds is 4. The molecule has 0 fully saturated rings. The molecule has 0 radical (unpaired) electrons. The Bertz CT molecular complexity index is 721. The van der Waals surface area contributed by atoms with Gasteiger partial charge in [0.15, 0.2) is 5.78 Å². The molecular weight excluding hydrogens is 290 g/mol. The summed E-state index contributed by atoms with van der Waals surface area (Å²) in [5.41, 5.74) is 2.01. The maximum Gasteiger partial charge on any atom is 0.288 e. The van der Waals surface area contributed by atoms with Crippen molar-refractivity contribution in [2.24, 2.45) is 0 Å². The lowest BCUT2D eigenvalue weighted by Gasteiger charge is -1.98. The van der Waals surface area contributed by atoms with Crippen LogP contribution in [-0.2, 0) is 0 Å². The van der Waals surface area contributed by atoms with Gasteiger partial charge >= 0.3 is 0 Å². The van der Waals surface area contributed by atoms with Crippen LogP contribution in [0, 0.1) is 17.0 Å². The van der Waals surface area contributed by atoms with Crippen molar-refractivity contribution in [2.75, 3.05) is 0 Å². The fraction of sp³-hybridized carbons (Fsp3) is 0.0625. The van der Waals surface area contributed by atoms with Gasteiger partial charge in [-0.25, -0.2) is 0 Å². The average molecular weight is 302 g/mol. The van der Waals surface area contributed by atoms with Gasteiger partial charge in [0.1, 0.15) is 5.02 Å². The van der Waals surface area contributed by atoms with Crippen molar-refractivity contribution in [1.82, 2.24) is 0 Å². The number of halogens is 1. The number of nitro benzene ring substituents is 1. The Morgan fingerprint density at radius 3 is 2.48 bits per heavy atom. The van der Waals surface area contributed by atoms with Crippen molar-refractivity contribution in [1.29, 1.82) is 0 Å². The van der Waals surface area contributed by atoms with Crippen LogP contribution in [0.4, 0.5) is 5.69 Å². The number of hydrogen-bond acceptors (Lipinski definition) is 3. The molecule has 0 heterocycles. The van der Waals surface area contributed by atoms with E-state index in [-0.39, 0.29) is 16.5 Å². The van der Waals surface area contributed by atoms with Gasteiger partial charge in [0, 0.05) is 11.6 Å². The van der Waals surface area contributed by atoms with Crippen molar-refractivity contribution in [3.63, 3.8) is 0 Å². The summed E-state index contributed by atoms with van der Waals surface area (Å²) in [5, 5.41) is 10.9. The molecule has 0 saturated carbocycles. The molecule has 0 spiro atoms. The Morgan fingerprint density at radius 1 is 1.19 bits per heavy atom. The molecule has 0 aliphatic rings. The van der Waals surface area contributed by atoms with Crippen LogP contribution in [-0.4, -0.2) is 10.7 Å². The highest BCUT2D eigenvalue weighted by Crippen LogP contribution is 2.25. The Labute approximate surface area is 126 Å². The second-order valence-electron chi connectivity index (χ2n) is 4.53. The molecule has 21 heavy (non-hydrogen) atoms. The molecule has 2 aromatic rings. The molecule has 106 valence electrons. The van der Waals surface area contributed by atoms with Crippen molar-refractivity contribution < 1.29 is 9.72 Å². The van der Waals surface area contributed by atoms with Crippen molar-refractivity contribution >= 4 is 29.1 Å². The predicted molar refractivity (Wildman–Crippen MR) is 82.6 cm³/mol. The van der Waals surface area contributed by atoms with E-state index < -0.39 is 4.92 Å². The zero-order valence-electron chi connectivity index (χ0n) is 11.2. The van der Waals surface area contributed by atoms with Gasteiger partial charge in [0.25, 0.3) is 5.69 Å². The number of aryl methyl sites for hydroxylation is 1. The van der Waals surface area contributed by atoms with Crippen LogP contribution < -0.4 is 0 Å². The van der Waals surface area contributed by atoms with Crippen LogP contribution in [0.2, 0.25) is 5.02 Å². The third kappa shape index (κ3) is 3.77. The second kappa shape index (κ2) is 6.33. The Balaban J connectivity index is 2.21. The first-order valence-corrected chi connectivity index (χ1v) is 6.58. The van der Waals surface area contributed by atoms with E-state index in [1.54, 1.807) is 18.2 Å². The Morgan fingerprint density at radius 2 is 1.86 bits per heavy atom. The van der Waals surface area contributed by atoms with E-state index in [1.165, 1.54) is 24.3 Å². The molecular formula is C16H12ClNO3. The zero-order valence-corrected chi connectivity index (χ0v) is 12.0. The van der Waals surface area contributed by atoms with Gasteiger partial charge < -0.3 is 0 Å². The number of ketones is 1. The van der Waals surface area contributed by atoms with E-state index in [4.69, 9.17) is 11.6 Å². The third-order valence-corrected chi connectivity index (χ3v) is 3.25. The van der Waals surface area contributed by atoms with Gasteiger partial charge in [-0.2, -0.15) is 0 Å². The fourth-order valence-electron chi connectivity index (χ4n) is 1.76. The van der Waals surface area contributed by atoms with Gasteiger partial charge in [0.05, 0.1) is 4.92 Å². The van der Waals surface area contributed by atoms with Crippen molar-refractivity contribution in [2.45, 2.75) is 6.92 Å². The molecule has 5 heteroatoms. The Hall–Kier alpha value is -2.46. The third-order valence-electron chi connectivity index (χ3n) is 2.93. The number of benzene rings is 2. The van der Waals surface area contributed by atoms with E-state index in [0.717, 1.165) is 5.56 Å². The first-order chi connectivity index (χ1) is 9.97. The molecule has 0 saturated heterocycles. The molecule has 0 amide bonds. The SMILES string of the molecule is Cc1ccc(C(=O)/C=C/c2ccc(Cl)c([N+](=O)[O-])c2)cc1. The summed E-state index contributed by atoms with van der Waals surface area (Å²) in [4.78, 5) is 22.2. The maximum atomic E-state index is 12.0. The number of nitro groups is 1. The maximum absolute atomic E-state index is 12.0. The molecule has 0 atom stereocenters. The average Bonchev–Trinajstić information content (AvgIpc) is 2.46. The van der Waals surface area contributed by atoms with Crippen LogP contribution in [0.5, 0.6) is 0 Å². The summed E-state index contributed by atoms with van der Waals surface area (Å²) in [7, 11) is 0. The highest BCUT2D eigenvalue weighted by Gasteiger charge is 2.11. The van der Waals surface area contributed by atoms with E-state index in [1.807, 2.05) is 19.1 Å². The van der Waals surface area contributed by atoms with E-state index >= 15 is 0 Å². The smallest absolute Gasteiger partial charge is 0.288 e.